The molecule has 1 aliphatic heterocycles. The van der Waals surface area contributed by atoms with Crippen LogP contribution >= 0.6 is 31.9 Å². The third kappa shape index (κ3) is 5.73. The van der Waals surface area contributed by atoms with Crippen molar-refractivity contribution in [1.29, 1.82) is 0 Å². The predicted octanol–water partition coefficient (Wildman–Crippen LogP) is 5.64. The first-order valence-corrected chi connectivity index (χ1v) is 10.6. The van der Waals surface area contributed by atoms with E-state index in [2.05, 4.69) is 47.4 Å². The van der Waals surface area contributed by atoms with Gasteiger partial charge in [0, 0.05) is 26.7 Å². The number of benzene rings is 2. The zero-order valence-corrected chi connectivity index (χ0v) is 19.1. The number of rotatable bonds is 5. The molecule has 0 aliphatic carbocycles. The summed E-state index contributed by atoms with van der Waals surface area (Å²) in [6.07, 6.45) is -4.07. The van der Waals surface area contributed by atoms with Crippen molar-refractivity contribution in [3.63, 3.8) is 0 Å². The van der Waals surface area contributed by atoms with Gasteiger partial charge in [-0.3, -0.25) is 4.99 Å². The highest BCUT2D eigenvalue weighted by Crippen LogP contribution is 2.35. The summed E-state index contributed by atoms with van der Waals surface area (Å²) in [6.45, 7) is 1.52. The molecule has 0 saturated heterocycles. The fraction of sp³-hybridized carbons (Fsp3) is 0.350. The van der Waals surface area contributed by atoms with Crippen LogP contribution in [-0.2, 0) is 6.18 Å². The molecule has 0 fully saturated rings. The quantitative estimate of drug-likeness (QED) is 0.488. The first-order chi connectivity index (χ1) is 13.6. The average molecular weight is 534 g/mol. The molecule has 9 heteroatoms. The van der Waals surface area contributed by atoms with E-state index in [1.807, 2.05) is 32.3 Å². The number of halogens is 5. The summed E-state index contributed by atoms with van der Waals surface area (Å²) in [4.78, 5) is 6.78. The minimum absolute atomic E-state index is 0.372. The molecule has 0 saturated carbocycles. The number of anilines is 1. The van der Waals surface area contributed by atoms with Gasteiger partial charge in [-0.1, -0.05) is 31.9 Å². The predicted molar refractivity (Wildman–Crippen MR) is 117 cm³/mol. The molecule has 1 heterocycles. The maximum absolute atomic E-state index is 13.3. The van der Waals surface area contributed by atoms with Crippen LogP contribution in [0, 0.1) is 0 Å². The minimum Gasteiger partial charge on any atom is -0.361 e. The smallest absolute Gasteiger partial charge is 0.361 e. The molecule has 0 bridgehead atoms. The SMILES string of the molecule is CN(C)CCCN=C1NC(c2cc(Br)cc(C(F)(F)F)c2)Nc2ccc(Br)cc21. The number of alkyl halides is 3. The summed E-state index contributed by atoms with van der Waals surface area (Å²) in [7, 11) is 4.01. The third-order valence-corrected chi connectivity index (χ3v) is 5.38. The Morgan fingerprint density at radius 3 is 2.48 bits per heavy atom. The summed E-state index contributed by atoms with van der Waals surface area (Å²) >= 11 is 6.67. The summed E-state index contributed by atoms with van der Waals surface area (Å²) in [5.74, 6) is 0.664. The van der Waals surface area contributed by atoms with E-state index < -0.39 is 17.9 Å². The minimum atomic E-state index is -4.42. The zero-order valence-electron chi connectivity index (χ0n) is 15.9. The first kappa shape index (κ1) is 22.1. The Morgan fingerprint density at radius 1 is 1.03 bits per heavy atom. The maximum atomic E-state index is 13.3. The molecule has 1 unspecified atom stereocenters. The van der Waals surface area contributed by atoms with Crippen LogP contribution in [0.2, 0.25) is 0 Å². The highest BCUT2D eigenvalue weighted by atomic mass is 79.9. The molecule has 1 atom stereocenters. The van der Waals surface area contributed by atoms with Crippen LogP contribution in [0.25, 0.3) is 0 Å². The highest BCUT2D eigenvalue weighted by molar-refractivity contribution is 9.10. The van der Waals surface area contributed by atoms with Gasteiger partial charge in [0.25, 0.3) is 0 Å². The number of nitrogens with one attached hydrogen (secondary N) is 2. The van der Waals surface area contributed by atoms with Gasteiger partial charge in [0.2, 0.25) is 0 Å². The van der Waals surface area contributed by atoms with Crippen LogP contribution < -0.4 is 10.6 Å². The van der Waals surface area contributed by atoms with Crippen LogP contribution in [0.3, 0.4) is 0 Å². The van der Waals surface area contributed by atoms with Crippen molar-refractivity contribution in [1.82, 2.24) is 10.2 Å². The van der Waals surface area contributed by atoms with E-state index in [1.54, 1.807) is 6.07 Å². The van der Waals surface area contributed by atoms with E-state index in [0.717, 1.165) is 40.8 Å². The first-order valence-electron chi connectivity index (χ1n) is 9.03. The normalized spacial score (nSPS) is 17.8. The molecule has 2 aromatic carbocycles. The Balaban J connectivity index is 1.94. The molecule has 2 N–H and O–H groups in total. The van der Waals surface area contributed by atoms with Gasteiger partial charge in [-0.15, -0.1) is 0 Å². The molecule has 0 aromatic heterocycles. The van der Waals surface area contributed by atoms with Gasteiger partial charge in [-0.25, -0.2) is 0 Å². The van der Waals surface area contributed by atoms with Crippen LogP contribution in [0.5, 0.6) is 0 Å². The second kappa shape index (κ2) is 9.06. The average Bonchev–Trinajstić information content (AvgIpc) is 2.63. The lowest BCUT2D eigenvalue weighted by Gasteiger charge is -2.31. The fourth-order valence-corrected chi connectivity index (χ4v) is 3.93. The van der Waals surface area contributed by atoms with Crippen molar-refractivity contribution >= 4 is 43.4 Å². The Hall–Kier alpha value is -1.58. The van der Waals surface area contributed by atoms with Gasteiger partial charge in [-0.05, 0) is 69.0 Å². The molecule has 0 radical (unpaired) electrons. The van der Waals surface area contributed by atoms with Crippen LogP contribution in [0.15, 0.2) is 50.3 Å². The number of fused-ring (bicyclic) bond motifs is 1. The maximum Gasteiger partial charge on any atom is 0.416 e. The molecular weight excluding hydrogens is 513 g/mol. The van der Waals surface area contributed by atoms with Gasteiger partial charge in [-0.2, -0.15) is 13.2 Å². The van der Waals surface area contributed by atoms with Gasteiger partial charge in [0.1, 0.15) is 12.0 Å². The lowest BCUT2D eigenvalue weighted by Crippen LogP contribution is -2.39. The van der Waals surface area contributed by atoms with E-state index in [4.69, 9.17) is 4.99 Å². The Bertz CT molecular complexity index is 913. The lowest BCUT2D eigenvalue weighted by molar-refractivity contribution is -0.137. The van der Waals surface area contributed by atoms with E-state index >= 15 is 0 Å². The standard InChI is InChI=1S/C20H21Br2F3N4/c1-29(2)7-3-6-26-19-16-11-14(21)4-5-17(16)27-18(28-19)12-8-13(20(23,24)25)10-15(22)9-12/h4-5,8-11,18,27H,3,6-7H2,1-2H3,(H,26,28). The molecule has 4 nitrogen and oxygen atoms in total. The number of hydrogen-bond donors (Lipinski definition) is 2. The summed E-state index contributed by atoms with van der Waals surface area (Å²) in [5.41, 5.74) is 1.47. The highest BCUT2D eigenvalue weighted by Gasteiger charge is 2.32. The largest absolute Gasteiger partial charge is 0.416 e. The second-order valence-corrected chi connectivity index (χ2v) is 8.90. The van der Waals surface area contributed by atoms with Gasteiger partial charge < -0.3 is 15.5 Å². The Labute approximate surface area is 184 Å². The molecule has 156 valence electrons. The zero-order chi connectivity index (χ0) is 21.2. The molecule has 1 aliphatic rings. The van der Waals surface area contributed by atoms with Gasteiger partial charge >= 0.3 is 6.18 Å². The van der Waals surface area contributed by atoms with Crippen molar-refractivity contribution in [2.24, 2.45) is 4.99 Å². The molecule has 0 amide bonds. The van der Waals surface area contributed by atoms with Gasteiger partial charge in [0.15, 0.2) is 0 Å². The van der Waals surface area contributed by atoms with Crippen molar-refractivity contribution in [3.05, 3.63) is 62.0 Å². The van der Waals surface area contributed by atoms with Crippen LogP contribution in [0.1, 0.15) is 29.3 Å². The number of aliphatic imine (C=N–C) groups is 1. The lowest BCUT2D eigenvalue weighted by atomic mass is 10.0. The van der Waals surface area contributed by atoms with E-state index in [-0.39, 0.29) is 0 Å². The summed E-state index contributed by atoms with van der Waals surface area (Å²) in [5, 5.41) is 6.54. The van der Waals surface area contributed by atoms with Crippen molar-refractivity contribution in [2.75, 3.05) is 32.5 Å². The van der Waals surface area contributed by atoms with Gasteiger partial charge in [0.05, 0.1) is 5.56 Å². The Morgan fingerprint density at radius 2 is 1.79 bits per heavy atom. The van der Waals surface area contributed by atoms with Crippen LogP contribution in [0.4, 0.5) is 18.9 Å². The second-order valence-electron chi connectivity index (χ2n) is 7.07. The monoisotopic (exact) mass is 532 g/mol. The van der Waals surface area contributed by atoms with Crippen molar-refractivity contribution in [3.8, 4) is 0 Å². The van der Waals surface area contributed by atoms with E-state index in [0.29, 0.717) is 22.4 Å². The van der Waals surface area contributed by atoms with E-state index in [9.17, 15) is 13.2 Å². The summed E-state index contributed by atoms with van der Waals surface area (Å²) < 4.78 is 41.0. The topological polar surface area (TPSA) is 39.7 Å². The molecule has 0 spiro atoms. The van der Waals surface area contributed by atoms with Crippen molar-refractivity contribution in [2.45, 2.75) is 18.8 Å². The molecule has 29 heavy (non-hydrogen) atoms. The van der Waals surface area contributed by atoms with E-state index in [1.165, 1.54) is 0 Å². The molecule has 3 rings (SSSR count). The van der Waals surface area contributed by atoms with Crippen molar-refractivity contribution < 1.29 is 13.2 Å². The fourth-order valence-electron chi connectivity index (χ4n) is 3.06. The summed E-state index contributed by atoms with van der Waals surface area (Å²) in [6, 6.07) is 9.63. The third-order valence-electron chi connectivity index (χ3n) is 4.43. The Kier molecular flexibility index (Phi) is 6.90. The number of hydrogen-bond acceptors (Lipinski definition) is 3. The molecular formula is C20H21Br2F3N4. The molecule has 2 aromatic rings. The number of nitrogens with zero attached hydrogens (tertiary/aromatic N) is 2. The van der Waals surface area contributed by atoms with Crippen LogP contribution in [-0.4, -0.2) is 37.9 Å². The number of amidine groups is 1.